The van der Waals surface area contributed by atoms with Gasteiger partial charge in [0, 0.05) is 11.1 Å². The fourth-order valence-electron chi connectivity index (χ4n) is 1.73. The molecule has 0 saturated carbocycles. The number of nitriles is 1. The lowest BCUT2D eigenvalue weighted by molar-refractivity contribution is 0.507. The fraction of sp³-hybridized carbons (Fsp3) is 0.286. The van der Waals surface area contributed by atoms with E-state index in [4.69, 9.17) is 5.26 Å². The van der Waals surface area contributed by atoms with Crippen LogP contribution in [0, 0.1) is 23.0 Å². The molecule has 1 aromatic carbocycles. The zero-order valence-corrected chi connectivity index (χ0v) is 11.9. The Balaban J connectivity index is 2.22. The van der Waals surface area contributed by atoms with Gasteiger partial charge in [-0.15, -0.1) is 11.3 Å². The van der Waals surface area contributed by atoms with Gasteiger partial charge in [0.15, 0.2) is 11.6 Å². The molecule has 0 bridgehead atoms. The van der Waals surface area contributed by atoms with Crippen LogP contribution in [0.15, 0.2) is 18.3 Å². The Kier molecular flexibility index (Phi) is 4.30. The highest BCUT2D eigenvalue weighted by Crippen LogP contribution is 2.27. The average Bonchev–Trinajstić information content (AvgIpc) is 2.93. The minimum absolute atomic E-state index is 0.0299. The molecule has 0 amide bonds. The minimum Gasteiger partial charge on any atom is -0.374 e. The molecule has 104 valence electrons. The van der Waals surface area contributed by atoms with Crippen LogP contribution in [0.2, 0.25) is 0 Å². The van der Waals surface area contributed by atoms with Crippen molar-refractivity contribution in [3.63, 3.8) is 0 Å². The lowest BCUT2D eigenvalue weighted by atomic mass is 10.2. The number of benzene rings is 1. The number of nitrogens with zero attached hydrogens (tertiary/aromatic N) is 2. The topological polar surface area (TPSA) is 48.7 Å². The molecule has 0 spiro atoms. The molecule has 0 radical (unpaired) electrons. The van der Waals surface area contributed by atoms with Crippen molar-refractivity contribution in [3.8, 4) is 6.07 Å². The van der Waals surface area contributed by atoms with Crippen LogP contribution in [0.4, 0.5) is 14.5 Å². The Bertz CT molecular complexity index is 661. The predicted octanol–water partition coefficient (Wildman–Crippen LogP) is 4.03. The highest BCUT2D eigenvalue weighted by molar-refractivity contribution is 7.11. The van der Waals surface area contributed by atoms with E-state index in [2.05, 4.69) is 10.3 Å². The zero-order chi connectivity index (χ0) is 14.7. The van der Waals surface area contributed by atoms with E-state index in [1.807, 2.05) is 13.8 Å². The van der Waals surface area contributed by atoms with Crippen molar-refractivity contribution < 1.29 is 8.78 Å². The van der Waals surface area contributed by atoms with Gasteiger partial charge in [-0.25, -0.2) is 13.8 Å². The number of aryl methyl sites for hydroxylation is 1. The molecule has 0 aliphatic heterocycles. The molecule has 20 heavy (non-hydrogen) atoms. The van der Waals surface area contributed by atoms with Gasteiger partial charge in [0.2, 0.25) is 0 Å². The molecular formula is C14H13F2N3S. The summed E-state index contributed by atoms with van der Waals surface area (Å²) in [4.78, 5) is 5.40. The second-order valence-electron chi connectivity index (χ2n) is 4.28. The maximum Gasteiger partial charge on any atom is 0.183 e. The average molecular weight is 293 g/mol. The summed E-state index contributed by atoms with van der Waals surface area (Å²) < 4.78 is 27.3. The van der Waals surface area contributed by atoms with Crippen LogP contribution in [-0.2, 0) is 6.42 Å². The van der Waals surface area contributed by atoms with Gasteiger partial charge in [-0.2, -0.15) is 5.26 Å². The quantitative estimate of drug-likeness (QED) is 0.926. The van der Waals surface area contributed by atoms with Crippen LogP contribution in [-0.4, -0.2) is 4.98 Å². The molecule has 0 saturated heterocycles. The second-order valence-corrected chi connectivity index (χ2v) is 5.43. The standard InChI is InChI=1S/C14H13F2N3S/c1-3-10-7-18-14(20-10)8(2)19-11-5-4-9(6-17)12(15)13(11)16/h4-5,7-8,19H,3H2,1-2H3. The van der Waals surface area contributed by atoms with Gasteiger partial charge in [0.05, 0.1) is 17.3 Å². The molecule has 0 aliphatic carbocycles. The van der Waals surface area contributed by atoms with Gasteiger partial charge in [0.1, 0.15) is 11.1 Å². The summed E-state index contributed by atoms with van der Waals surface area (Å²) in [6, 6.07) is 3.99. The van der Waals surface area contributed by atoms with Crippen molar-refractivity contribution >= 4 is 17.0 Å². The molecule has 2 aromatic rings. The Morgan fingerprint density at radius 2 is 2.15 bits per heavy atom. The van der Waals surface area contributed by atoms with E-state index in [9.17, 15) is 8.78 Å². The predicted molar refractivity (Wildman–Crippen MR) is 74.6 cm³/mol. The first-order valence-electron chi connectivity index (χ1n) is 6.16. The van der Waals surface area contributed by atoms with Gasteiger partial charge < -0.3 is 5.32 Å². The van der Waals surface area contributed by atoms with Crippen molar-refractivity contribution in [3.05, 3.63) is 45.4 Å². The number of hydrogen-bond donors (Lipinski definition) is 1. The maximum absolute atomic E-state index is 13.8. The molecule has 3 nitrogen and oxygen atoms in total. The molecule has 1 N–H and O–H groups in total. The van der Waals surface area contributed by atoms with Crippen LogP contribution >= 0.6 is 11.3 Å². The van der Waals surface area contributed by atoms with Crippen LogP contribution in [0.25, 0.3) is 0 Å². The van der Waals surface area contributed by atoms with Crippen LogP contribution in [0.5, 0.6) is 0 Å². The fourth-order valence-corrected chi connectivity index (χ4v) is 2.59. The Labute approximate surface area is 119 Å². The van der Waals surface area contributed by atoms with Crippen molar-refractivity contribution in [2.24, 2.45) is 0 Å². The lowest BCUT2D eigenvalue weighted by Gasteiger charge is -2.14. The van der Waals surface area contributed by atoms with E-state index in [1.54, 1.807) is 12.3 Å². The molecule has 1 unspecified atom stereocenters. The summed E-state index contributed by atoms with van der Waals surface area (Å²) >= 11 is 1.54. The van der Waals surface area contributed by atoms with E-state index < -0.39 is 11.6 Å². The number of anilines is 1. The number of rotatable bonds is 4. The van der Waals surface area contributed by atoms with Crippen molar-refractivity contribution in [1.29, 1.82) is 5.26 Å². The smallest absolute Gasteiger partial charge is 0.183 e. The highest BCUT2D eigenvalue weighted by Gasteiger charge is 2.16. The third-order valence-corrected chi connectivity index (χ3v) is 4.19. The second kappa shape index (κ2) is 5.97. The first kappa shape index (κ1) is 14.4. The summed E-state index contributed by atoms with van der Waals surface area (Å²) in [5.74, 6) is -2.17. The maximum atomic E-state index is 13.8. The summed E-state index contributed by atoms with van der Waals surface area (Å²) in [7, 11) is 0. The van der Waals surface area contributed by atoms with Gasteiger partial charge in [-0.3, -0.25) is 0 Å². The molecule has 0 fully saturated rings. The lowest BCUT2D eigenvalue weighted by Crippen LogP contribution is -2.09. The summed E-state index contributed by atoms with van der Waals surface area (Å²) in [6.45, 7) is 3.86. The highest BCUT2D eigenvalue weighted by atomic mass is 32.1. The van der Waals surface area contributed by atoms with Gasteiger partial charge in [0.25, 0.3) is 0 Å². The number of thiazole rings is 1. The van der Waals surface area contributed by atoms with Crippen molar-refractivity contribution in [2.45, 2.75) is 26.3 Å². The largest absolute Gasteiger partial charge is 0.374 e. The molecule has 1 atom stereocenters. The monoisotopic (exact) mass is 293 g/mol. The number of nitrogens with one attached hydrogen (secondary N) is 1. The summed E-state index contributed by atoms with van der Waals surface area (Å²) in [5, 5.41) is 12.3. The number of hydrogen-bond acceptors (Lipinski definition) is 4. The summed E-state index contributed by atoms with van der Waals surface area (Å²) in [5.41, 5.74) is -0.273. The van der Waals surface area contributed by atoms with Crippen LogP contribution in [0.1, 0.15) is 35.3 Å². The normalized spacial score (nSPS) is 11.9. The molecule has 1 heterocycles. The van der Waals surface area contributed by atoms with Gasteiger partial charge >= 0.3 is 0 Å². The molecular weight excluding hydrogens is 280 g/mol. The van der Waals surface area contributed by atoms with E-state index in [1.165, 1.54) is 23.5 Å². The first-order chi connectivity index (χ1) is 9.56. The van der Waals surface area contributed by atoms with Crippen molar-refractivity contribution in [1.82, 2.24) is 4.98 Å². The molecule has 6 heteroatoms. The summed E-state index contributed by atoms with van der Waals surface area (Å²) in [6.07, 6.45) is 2.68. The Hall–Kier alpha value is -2.00. The molecule has 2 rings (SSSR count). The van der Waals surface area contributed by atoms with E-state index in [-0.39, 0.29) is 17.3 Å². The van der Waals surface area contributed by atoms with E-state index >= 15 is 0 Å². The van der Waals surface area contributed by atoms with Gasteiger partial charge in [-0.05, 0) is 25.5 Å². The number of halogens is 2. The first-order valence-corrected chi connectivity index (χ1v) is 6.97. The van der Waals surface area contributed by atoms with E-state index in [0.717, 1.165) is 16.3 Å². The third-order valence-electron chi connectivity index (χ3n) is 2.87. The van der Waals surface area contributed by atoms with Crippen LogP contribution in [0.3, 0.4) is 0 Å². The van der Waals surface area contributed by atoms with Crippen molar-refractivity contribution in [2.75, 3.05) is 5.32 Å². The zero-order valence-electron chi connectivity index (χ0n) is 11.1. The SMILES string of the molecule is CCc1cnc(C(C)Nc2ccc(C#N)c(F)c2F)s1. The number of aromatic nitrogens is 1. The van der Waals surface area contributed by atoms with Crippen LogP contribution < -0.4 is 5.32 Å². The molecule has 1 aromatic heterocycles. The Morgan fingerprint density at radius 1 is 1.40 bits per heavy atom. The van der Waals surface area contributed by atoms with E-state index in [0.29, 0.717) is 0 Å². The molecule has 0 aliphatic rings. The third kappa shape index (κ3) is 2.78. The van der Waals surface area contributed by atoms with Gasteiger partial charge in [-0.1, -0.05) is 6.92 Å². The Morgan fingerprint density at radius 3 is 2.75 bits per heavy atom. The minimum atomic E-state index is -1.13.